The molecule has 2 aromatic rings. The van der Waals surface area contributed by atoms with Gasteiger partial charge in [0.05, 0.1) is 0 Å². The second kappa shape index (κ2) is 4.70. The first-order valence-electron chi connectivity index (χ1n) is 7.35. The van der Waals surface area contributed by atoms with Gasteiger partial charge in [0.15, 0.2) is 0 Å². The van der Waals surface area contributed by atoms with Crippen molar-refractivity contribution >= 4 is 0 Å². The summed E-state index contributed by atoms with van der Waals surface area (Å²) in [4.78, 5) is 26.5. The van der Waals surface area contributed by atoms with Crippen molar-refractivity contribution in [2.75, 3.05) is 13.1 Å². The van der Waals surface area contributed by atoms with Crippen LogP contribution in [0.4, 0.5) is 0 Å². The van der Waals surface area contributed by atoms with E-state index in [1.807, 2.05) is 10.6 Å². The topological polar surface area (TPSA) is 66.9 Å². The van der Waals surface area contributed by atoms with Gasteiger partial charge in [0.25, 0.3) is 5.56 Å². The summed E-state index contributed by atoms with van der Waals surface area (Å²) in [5.41, 5.74) is 2.62. The Hall–Kier alpha value is -2.14. The fourth-order valence-corrected chi connectivity index (χ4v) is 3.59. The molecule has 2 atom stereocenters. The van der Waals surface area contributed by atoms with E-state index in [0.29, 0.717) is 11.8 Å². The highest BCUT2D eigenvalue weighted by Gasteiger charge is 2.31. The number of nitrogens with zero attached hydrogens (tertiary/aromatic N) is 1. The number of rotatable bonds is 1. The average molecular weight is 283 g/mol. The molecule has 21 heavy (non-hydrogen) atoms. The second-order valence-corrected chi connectivity index (χ2v) is 6.02. The van der Waals surface area contributed by atoms with Gasteiger partial charge >= 0.3 is 0 Å². The number of aromatic nitrogens is 2. The van der Waals surface area contributed by atoms with E-state index < -0.39 is 0 Å². The van der Waals surface area contributed by atoms with Crippen LogP contribution in [0, 0.1) is 5.92 Å². The number of hydrogen-bond acceptors (Lipinski definition) is 3. The number of piperidine rings is 1. The van der Waals surface area contributed by atoms with E-state index in [4.69, 9.17) is 0 Å². The molecule has 2 N–H and O–H groups in total. The van der Waals surface area contributed by atoms with Gasteiger partial charge in [-0.1, -0.05) is 0 Å². The highest BCUT2D eigenvalue weighted by atomic mass is 16.1. The van der Waals surface area contributed by atoms with Crippen molar-refractivity contribution in [2.45, 2.75) is 18.9 Å². The molecule has 2 aliphatic heterocycles. The van der Waals surface area contributed by atoms with E-state index in [9.17, 15) is 9.59 Å². The predicted octanol–water partition coefficient (Wildman–Crippen LogP) is 0.910. The molecule has 1 saturated heterocycles. The number of pyridine rings is 2. The molecule has 0 radical (unpaired) electrons. The van der Waals surface area contributed by atoms with Gasteiger partial charge in [0, 0.05) is 43.0 Å². The third kappa shape index (κ3) is 2.14. The first-order valence-corrected chi connectivity index (χ1v) is 7.35. The lowest BCUT2D eigenvalue weighted by Gasteiger charge is -2.37. The smallest absolute Gasteiger partial charge is 0.251 e. The van der Waals surface area contributed by atoms with Gasteiger partial charge in [-0.25, -0.2) is 0 Å². The van der Waals surface area contributed by atoms with Crippen LogP contribution >= 0.6 is 0 Å². The molecule has 2 aliphatic rings. The largest absolute Gasteiger partial charge is 0.329 e. The summed E-state index contributed by atoms with van der Waals surface area (Å²) in [6, 6.07) is 7.09. The molecule has 0 saturated carbocycles. The zero-order valence-corrected chi connectivity index (χ0v) is 11.6. The fourth-order valence-electron chi connectivity index (χ4n) is 3.59. The molecule has 0 unspecified atom stereocenters. The standard InChI is InChI=1S/C16H17N3O2/c20-15-5-11(1-2-18-15)12-4-14-13-3-10(7-17-8-13)9-19(14)16(21)6-12/h1-2,4-6,10,13,17H,3,7-9H2,(H,18,20)/t10-,13+/m0/s1. The van der Waals surface area contributed by atoms with Crippen molar-refractivity contribution in [3.8, 4) is 11.1 Å². The number of H-pyrrole nitrogens is 1. The van der Waals surface area contributed by atoms with Crippen LogP contribution in [0.5, 0.6) is 0 Å². The summed E-state index contributed by atoms with van der Waals surface area (Å²) >= 11 is 0. The Balaban J connectivity index is 1.87. The van der Waals surface area contributed by atoms with Crippen LogP contribution in [0.1, 0.15) is 18.0 Å². The zero-order chi connectivity index (χ0) is 14.4. The Morgan fingerprint density at radius 2 is 2.00 bits per heavy atom. The number of fused-ring (bicyclic) bond motifs is 4. The summed E-state index contributed by atoms with van der Waals surface area (Å²) in [5, 5.41) is 3.45. The van der Waals surface area contributed by atoms with Crippen LogP contribution in [0.15, 0.2) is 40.1 Å². The predicted molar refractivity (Wildman–Crippen MR) is 80.5 cm³/mol. The van der Waals surface area contributed by atoms with Crippen molar-refractivity contribution in [1.82, 2.24) is 14.9 Å². The summed E-state index contributed by atoms with van der Waals surface area (Å²) in [5.74, 6) is 0.950. The van der Waals surface area contributed by atoms with Crippen LogP contribution in [0.2, 0.25) is 0 Å². The van der Waals surface area contributed by atoms with Gasteiger partial charge in [0.1, 0.15) is 0 Å². The Morgan fingerprint density at radius 3 is 2.86 bits per heavy atom. The highest BCUT2D eigenvalue weighted by molar-refractivity contribution is 5.63. The molecule has 0 spiro atoms. The Labute approximate surface area is 121 Å². The molecule has 0 aromatic carbocycles. The minimum absolute atomic E-state index is 0.0411. The monoisotopic (exact) mass is 283 g/mol. The summed E-state index contributed by atoms with van der Waals surface area (Å²) in [6.45, 7) is 2.72. The highest BCUT2D eigenvalue weighted by Crippen LogP contribution is 2.33. The summed E-state index contributed by atoms with van der Waals surface area (Å²) in [6.07, 6.45) is 2.76. The van der Waals surface area contributed by atoms with E-state index >= 15 is 0 Å². The lowest BCUT2D eigenvalue weighted by atomic mass is 9.83. The van der Waals surface area contributed by atoms with E-state index in [1.165, 1.54) is 6.07 Å². The third-order valence-electron chi connectivity index (χ3n) is 4.57. The van der Waals surface area contributed by atoms with Crippen LogP contribution in [0.3, 0.4) is 0 Å². The van der Waals surface area contributed by atoms with Crippen LogP contribution < -0.4 is 16.4 Å². The van der Waals surface area contributed by atoms with Crippen molar-refractivity contribution in [2.24, 2.45) is 5.92 Å². The molecule has 4 rings (SSSR count). The molecule has 2 aromatic heterocycles. The van der Waals surface area contributed by atoms with Crippen molar-refractivity contribution in [3.05, 3.63) is 56.9 Å². The van der Waals surface area contributed by atoms with E-state index in [0.717, 1.165) is 42.9 Å². The molecule has 0 amide bonds. The lowest BCUT2D eigenvalue weighted by Crippen LogP contribution is -2.44. The van der Waals surface area contributed by atoms with Crippen molar-refractivity contribution in [3.63, 3.8) is 0 Å². The lowest BCUT2D eigenvalue weighted by molar-refractivity contribution is 0.257. The fraction of sp³-hybridized carbons (Fsp3) is 0.375. The SMILES string of the molecule is O=c1cc(-c2cc3n(c(=O)c2)C[C@@H]2CNC[C@H]3C2)cc[nH]1. The first kappa shape index (κ1) is 12.6. The van der Waals surface area contributed by atoms with E-state index in [-0.39, 0.29) is 11.1 Å². The molecular weight excluding hydrogens is 266 g/mol. The molecule has 0 aliphatic carbocycles. The third-order valence-corrected chi connectivity index (χ3v) is 4.57. The maximum Gasteiger partial charge on any atom is 0.251 e. The molecule has 5 heteroatoms. The average Bonchev–Trinajstić information content (AvgIpc) is 2.48. The number of nitrogens with one attached hydrogen (secondary N) is 2. The Bertz CT molecular complexity index is 806. The molecular formula is C16H17N3O2. The quantitative estimate of drug-likeness (QED) is 0.817. The van der Waals surface area contributed by atoms with Gasteiger partial charge in [-0.05, 0) is 42.1 Å². The summed E-state index contributed by atoms with van der Waals surface area (Å²) < 4.78 is 1.91. The summed E-state index contributed by atoms with van der Waals surface area (Å²) in [7, 11) is 0. The van der Waals surface area contributed by atoms with Gasteiger partial charge < -0.3 is 14.9 Å². The zero-order valence-electron chi connectivity index (χ0n) is 11.6. The van der Waals surface area contributed by atoms with E-state index in [1.54, 1.807) is 12.3 Å². The Kier molecular flexibility index (Phi) is 2.82. The normalized spacial score (nSPS) is 23.6. The van der Waals surface area contributed by atoms with Gasteiger partial charge in [0.2, 0.25) is 5.56 Å². The molecule has 4 heterocycles. The first-order chi connectivity index (χ1) is 10.2. The van der Waals surface area contributed by atoms with E-state index in [2.05, 4.69) is 16.4 Å². The van der Waals surface area contributed by atoms with Gasteiger partial charge in [-0.15, -0.1) is 0 Å². The van der Waals surface area contributed by atoms with Gasteiger partial charge in [-0.2, -0.15) is 0 Å². The molecule has 2 bridgehead atoms. The van der Waals surface area contributed by atoms with Crippen LogP contribution in [-0.2, 0) is 6.54 Å². The maximum absolute atomic E-state index is 12.4. The second-order valence-electron chi connectivity index (χ2n) is 6.02. The van der Waals surface area contributed by atoms with Crippen molar-refractivity contribution in [1.29, 1.82) is 0 Å². The van der Waals surface area contributed by atoms with Crippen LogP contribution in [0.25, 0.3) is 11.1 Å². The Morgan fingerprint density at radius 1 is 1.10 bits per heavy atom. The molecule has 108 valence electrons. The minimum Gasteiger partial charge on any atom is -0.329 e. The van der Waals surface area contributed by atoms with Crippen molar-refractivity contribution < 1.29 is 0 Å². The molecule has 5 nitrogen and oxygen atoms in total. The van der Waals surface area contributed by atoms with Crippen LogP contribution in [-0.4, -0.2) is 22.6 Å². The minimum atomic E-state index is -0.148. The molecule has 1 fully saturated rings. The maximum atomic E-state index is 12.4. The number of hydrogen-bond donors (Lipinski definition) is 2. The number of aromatic amines is 1. The van der Waals surface area contributed by atoms with Gasteiger partial charge in [-0.3, -0.25) is 9.59 Å².